The largest absolute Gasteiger partial charge is 0.313 e. The summed E-state index contributed by atoms with van der Waals surface area (Å²) in [5, 5.41) is 3.36. The molecule has 0 aromatic heterocycles. The average molecular weight is 262 g/mol. The lowest BCUT2D eigenvalue weighted by molar-refractivity contribution is 0.322. The molecule has 102 valence electrons. The van der Waals surface area contributed by atoms with E-state index in [4.69, 9.17) is 0 Å². The summed E-state index contributed by atoms with van der Waals surface area (Å²) in [5.41, 5.74) is 0. The van der Waals surface area contributed by atoms with Gasteiger partial charge >= 0.3 is 0 Å². The van der Waals surface area contributed by atoms with E-state index >= 15 is 0 Å². The first kappa shape index (κ1) is 14.9. The van der Waals surface area contributed by atoms with E-state index in [1.807, 2.05) is 20.8 Å². The molecule has 1 aliphatic rings. The molecule has 0 radical (unpaired) electrons. The van der Waals surface area contributed by atoms with Crippen LogP contribution >= 0.6 is 0 Å². The van der Waals surface area contributed by atoms with Crippen LogP contribution < -0.4 is 5.32 Å². The van der Waals surface area contributed by atoms with E-state index < -0.39 is 10.0 Å². The zero-order chi connectivity index (χ0) is 12.9. The molecule has 0 aliphatic carbocycles. The van der Waals surface area contributed by atoms with Crippen molar-refractivity contribution < 1.29 is 8.42 Å². The molecule has 1 rings (SSSR count). The maximum atomic E-state index is 12.2. The van der Waals surface area contributed by atoms with Crippen molar-refractivity contribution in [1.82, 2.24) is 9.62 Å². The molecule has 0 spiro atoms. The highest BCUT2D eigenvalue weighted by Crippen LogP contribution is 2.14. The van der Waals surface area contributed by atoms with E-state index in [0.717, 1.165) is 32.2 Å². The summed E-state index contributed by atoms with van der Waals surface area (Å²) < 4.78 is 26.1. The Balaban J connectivity index is 2.63. The molecule has 1 heterocycles. The van der Waals surface area contributed by atoms with Crippen molar-refractivity contribution in [3.05, 3.63) is 0 Å². The van der Waals surface area contributed by atoms with E-state index in [9.17, 15) is 8.42 Å². The number of hydrogen-bond acceptors (Lipinski definition) is 3. The highest BCUT2D eigenvalue weighted by molar-refractivity contribution is 7.89. The molecule has 1 atom stereocenters. The van der Waals surface area contributed by atoms with Crippen LogP contribution in [-0.2, 0) is 10.0 Å². The summed E-state index contributed by atoms with van der Waals surface area (Å²) in [5.74, 6) is 0.286. The summed E-state index contributed by atoms with van der Waals surface area (Å²) in [4.78, 5) is 0. The van der Waals surface area contributed by atoms with E-state index in [2.05, 4.69) is 5.32 Å². The van der Waals surface area contributed by atoms with Crippen LogP contribution in [0, 0.1) is 0 Å². The Bertz CT molecular complexity index is 308. The normalized spacial score (nSPS) is 21.6. The molecule has 1 saturated heterocycles. The van der Waals surface area contributed by atoms with Gasteiger partial charge in [0.05, 0.1) is 5.75 Å². The Kier molecular flexibility index (Phi) is 5.89. The van der Waals surface area contributed by atoms with Gasteiger partial charge in [0.1, 0.15) is 0 Å². The third kappa shape index (κ3) is 4.56. The Morgan fingerprint density at radius 3 is 2.59 bits per heavy atom. The number of nitrogens with zero attached hydrogens (tertiary/aromatic N) is 1. The second-order valence-corrected chi connectivity index (χ2v) is 7.17. The maximum Gasteiger partial charge on any atom is 0.214 e. The van der Waals surface area contributed by atoms with Crippen molar-refractivity contribution in [2.45, 2.75) is 58.5 Å². The van der Waals surface area contributed by atoms with E-state index in [1.165, 1.54) is 0 Å². The average Bonchev–Trinajstić information content (AvgIpc) is 2.75. The Hall–Kier alpha value is -0.130. The molecule has 1 aliphatic heterocycles. The van der Waals surface area contributed by atoms with Crippen molar-refractivity contribution in [3.63, 3.8) is 0 Å². The predicted molar refractivity (Wildman–Crippen MR) is 71.6 cm³/mol. The molecule has 0 aromatic carbocycles. The van der Waals surface area contributed by atoms with Crippen molar-refractivity contribution in [2.24, 2.45) is 0 Å². The first-order valence-electron chi connectivity index (χ1n) is 6.70. The Morgan fingerprint density at radius 1 is 1.41 bits per heavy atom. The molecule has 4 nitrogen and oxygen atoms in total. The molecule has 1 unspecified atom stereocenters. The predicted octanol–water partition coefficient (Wildman–Crippen LogP) is 1.58. The highest BCUT2D eigenvalue weighted by Gasteiger charge is 2.28. The van der Waals surface area contributed by atoms with Crippen molar-refractivity contribution in [3.8, 4) is 0 Å². The van der Waals surface area contributed by atoms with Gasteiger partial charge in [-0.3, -0.25) is 0 Å². The van der Waals surface area contributed by atoms with Gasteiger partial charge in [-0.25, -0.2) is 8.42 Å². The van der Waals surface area contributed by atoms with Crippen molar-refractivity contribution >= 4 is 10.0 Å². The second kappa shape index (κ2) is 6.71. The van der Waals surface area contributed by atoms with Gasteiger partial charge in [-0.2, -0.15) is 4.31 Å². The van der Waals surface area contributed by atoms with Crippen LogP contribution in [-0.4, -0.2) is 43.6 Å². The topological polar surface area (TPSA) is 49.4 Å². The Labute approximate surface area is 106 Å². The minimum atomic E-state index is -3.08. The molecule has 0 aromatic rings. The third-order valence-corrected chi connectivity index (χ3v) is 5.34. The quantitative estimate of drug-likeness (QED) is 0.758. The minimum absolute atomic E-state index is 0.0549. The van der Waals surface area contributed by atoms with Gasteiger partial charge in [-0.1, -0.05) is 13.3 Å². The van der Waals surface area contributed by atoms with Gasteiger partial charge in [-0.15, -0.1) is 0 Å². The molecular weight excluding hydrogens is 236 g/mol. The minimum Gasteiger partial charge on any atom is -0.313 e. The zero-order valence-corrected chi connectivity index (χ0v) is 12.1. The molecule has 0 bridgehead atoms. The van der Waals surface area contributed by atoms with Crippen LogP contribution in [0.25, 0.3) is 0 Å². The standard InChI is InChI=1S/C12H26N2O2S/c1-4-5-9-17(15,16)14(11(2)3)10-12-7-6-8-13-12/h11-13H,4-10H2,1-3H3. The van der Waals surface area contributed by atoms with Crippen molar-refractivity contribution in [2.75, 3.05) is 18.8 Å². The molecule has 5 heteroatoms. The van der Waals surface area contributed by atoms with E-state index in [1.54, 1.807) is 4.31 Å². The summed E-state index contributed by atoms with van der Waals surface area (Å²) >= 11 is 0. The number of rotatable bonds is 7. The number of nitrogens with one attached hydrogen (secondary N) is 1. The van der Waals surface area contributed by atoms with Gasteiger partial charge in [0, 0.05) is 18.6 Å². The van der Waals surface area contributed by atoms with Crippen LogP contribution in [0.5, 0.6) is 0 Å². The van der Waals surface area contributed by atoms with Gasteiger partial charge in [0.25, 0.3) is 0 Å². The Morgan fingerprint density at radius 2 is 2.12 bits per heavy atom. The lowest BCUT2D eigenvalue weighted by Gasteiger charge is -2.28. The number of unbranched alkanes of at least 4 members (excludes halogenated alkanes) is 1. The van der Waals surface area contributed by atoms with Gasteiger partial charge in [0.2, 0.25) is 10.0 Å². The fourth-order valence-electron chi connectivity index (χ4n) is 2.22. The van der Waals surface area contributed by atoms with E-state index in [-0.39, 0.29) is 11.8 Å². The van der Waals surface area contributed by atoms with Crippen LogP contribution in [0.1, 0.15) is 46.5 Å². The van der Waals surface area contributed by atoms with Crippen LogP contribution in [0.15, 0.2) is 0 Å². The number of hydrogen-bond donors (Lipinski definition) is 1. The summed E-state index contributed by atoms with van der Waals surface area (Å²) in [6, 6.07) is 0.396. The van der Waals surface area contributed by atoms with Crippen LogP contribution in [0.2, 0.25) is 0 Å². The van der Waals surface area contributed by atoms with Crippen LogP contribution in [0.4, 0.5) is 0 Å². The highest BCUT2D eigenvalue weighted by atomic mass is 32.2. The van der Waals surface area contributed by atoms with Crippen molar-refractivity contribution in [1.29, 1.82) is 0 Å². The first-order chi connectivity index (χ1) is 7.97. The third-order valence-electron chi connectivity index (χ3n) is 3.25. The zero-order valence-electron chi connectivity index (χ0n) is 11.3. The summed E-state index contributed by atoms with van der Waals surface area (Å²) in [7, 11) is -3.08. The monoisotopic (exact) mass is 262 g/mol. The number of sulfonamides is 1. The molecule has 17 heavy (non-hydrogen) atoms. The summed E-state index contributed by atoms with van der Waals surface area (Å²) in [6.45, 7) is 7.58. The molecule has 0 saturated carbocycles. The van der Waals surface area contributed by atoms with E-state index in [0.29, 0.717) is 12.6 Å². The van der Waals surface area contributed by atoms with Crippen LogP contribution in [0.3, 0.4) is 0 Å². The molecule has 0 amide bonds. The SMILES string of the molecule is CCCCS(=O)(=O)N(CC1CCCN1)C(C)C. The maximum absolute atomic E-state index is 12.2. The lowest BCUT2D eigenvalue weighted by atomic mass is 10.2. The fraction of sp³-hybridized carbons (Fsp3) is 1.00. The van der Waals surface area contributed by atoms with Gasteiger partial charge in [-0.05, 0) is 39.7 Å². The smallest absolute Gasteiger partial charge is 0.214 e. The second-order valence-electron chi connectivity index (χ2n) is 5.13. The molecule has 1 N–H and O–H groups in total. The van der Waals surface area contributed by atoms with Gasteiger partial charge < -0.3 is 5.32 Å². The summed E-state index contributed by atoms with van der Waals surface area (Å²) in [6.07, 6.45) is 3.93. The lowest BCUT2D eigenvalue weighted by Crippen LogP contribution is -2.45. The molecule has 1 fully saturated rings. The van der Waals surface area contributed by atoms with Gasteiger partial charge in [0.15, 0.2) is 0 Å². The fourth-order valence-corrected chi connectivity index (χ4v) is 4.16. The molecular formula is C12H26N2O2S. The first-order valence-corrected chi connectivity index (χ1v) is 8.31.